The van der Waals surface area contributed by atoms with Crippen LogP contribution in [0.3, 0.4) is 0 Å². The van der Waals surface area contributed by atoms with Crippen molar-refractivity contribution in [3.05, 3.63) is 145 Å². The van der Waals surface area contributed by atoms with Crippen molar-refractivity contribution in [2.75, 3.05) is 0 Å². The van der Waals surface area contributed by atoms with Crippen molar-refractivity contribution in [2.24, 2.45) is 0 Å². The monoisotopic (exact) mass is 559 g/mol. The van der Waals surface area contributed by atoms with Gasteiger partial charge >= 0.3 is 16.8 Å². The summed E-state index contributed by atoms with van der Waals surface area (Å²) in [6.07, 6.45) is 4.73. The Morgan fingerprint density at radius 2 is 0.795 bits per heavy atom. The zero-order valence-electron chi connectivity index (χ0n) is 20.7. The Morgan fingerprint density at radius 1 is 0.462 bits per heavy atom. The standard InChI is InChI=1S/2C9H7N.2C7H6O2.Co/c2*1-2-6-9-8(4-1)5-3-7-10-9;2*8-5-6-3-1-2-4-7(6)9;/h2*1-7H;2*1-5,9H;/q;;;;+2/p-2. The summed E-state index contributed by atoms with van der Waals surface area (Å²) >= 11 is 0. The van der Waals surface area contributed by atoms with Crippen LogP contribution in [0.2, 0.25) is 0 Å². The zero-order chi connectivity index (χ0) is 27.0. The first-order chi connectivity index (χ1) is 18.6. The average molecular weight is 559 g/mol. The van der Waals surface area contributed by atoms with Crippen LogP contribution in [-0.2, 0) is 16.8 Å². The molecular formula is C32H24CoN2O4. The maximum atomic E-state index is 10.6. The van der Waals surface area contributed by atoms with Gasteiger partial charge in [0.05, 0.1) is 11.0 Å². The topological polar surface area (TPSA) is 106 Å². The van der Waals surface area contributed by atoms with Gasteiger partial charge in [0, 0.05) is 34.3 Å². The number of carbonyl (C=O) groups is 2. The van der Waals surface area contributed by atoms with Crippen molar-refractivity contribution in [3.63, 3.8) is 0 Å². The number of aromatic nitrogens is 2. The third-order valence-corrected chi connectivity index (χ3v) is 5.12. The Bertz CT molecular complexity index is 1360. The van der Waals surface area contributed by atoms with Crippen LogP contribution in [0.25, 0.3) is 21.8 Å². The minimum Gasteiger partial charge on any atom is -0.872 e. The Balaban J connectivity index is 0.000000181. The molecule has 0 spiro atoms. The molecule has 1 radical (unpaired) electrons. The van der Waals surface area contributed by atoms with Crippen LogP contribution >= 0.6 is 0 Å². The van der Waals surface area contributed by atoms with Gasteiger partial charge in [-0.15, -0.1) is 0 Å². The van der Waals surface area contributed by atoms with Crippen LogP contribution < -0.4 is 10.2 Å². The summed E-state index contributed by atoms with van der Waals surface area (Å²) < 4.78 is 0. The van der Waals surface area contributed by atoms with E-state index < -0.39 is 0 Å². The molecule has 6 nitrogen and oxygen atoms in total. The van der Waals surface area contributed by atoms with E-state index in [0.717, 1.165) is 11.0 Å². The molecule has 2 aromatic heterocycles. The molecule has 0 saturated carbocycles. The molecule has 4 aromatic carbocycles. The van der Waals surface area contributed by atoms with Crippen LogP contribution in [-0.4, -0.2) is 22.5 Å². The second-order valence-electron chi connectivity index (χ2n) is 7.70. The fourth-order valence-corrected chi connectivity index (χ4v) is 3.19. The number of hydrogen-bond acceptors (Lipinski definition) is 6. The summed E-state index contributed by atoms with van der Waals surface area (Å²) in [5.74, 6) is -0.431. The Kier molecular flexibility index (Phi) is 13.1. The number of fused-ring (bicyclic) bond motifs is 2. The summed E-state index contributed by atoms with van der Waals surface area (Å²) in [6, 6.07) is 36.4. The van der Waals surface area contributed by atoms with Crippen LogP contribution in [0, 0.1) is 0 Å². The van der Waals surface area contributed by atoms with Gasteiger partial charge in [-0.1, -0.05) is 109 Å². The molecule has 0 bridgehead atoms. The number of nitrogens with zero attached hydrogens (tertiary/aromatic N) is 2. The SMILES string of the molecule is O=Cc1ccccc1[O-].O=Cc1ccccc1[O-].[Co+2].c1ccc2ncccc2c1.c1ccc2ncccc2c1. The fraction of sp³-hybridized carbons (Fsp3) is 0. The van der Waals surface area contributed by atoms with E-state index in [2.05, 4.69) is 34.2 Å². The van der Waals surface area contributed by atoms with Gasteiger partial charge in [-0.25, -0.2) is 0 Å². The van der Waals surface area contributed by atoms with E-state index in [-0.39, 0.29) is 39.4 Å². The molecule has 0 aliphatic carbocycles. The molecule has 0 aliphatic heterocycles. The van der Waals surface area contributed by atoms with Gasteiger partial charge in [0.1, 0.15) is 12.6 Å². The van der Waals surface area contributed by atoms with Crippen LogP contribution in [0.4, 0.5) is 0 Å². The maximum Gasteiger partial charge on any atom is 2.00 e. The van der Waals surface area contributed by atoms with E-state index in [1.54, 1.807) is 24.3 Å². The molecule has 0 fully saturated rings. The average Bonchev–Trinajstić information content (AvgIpc) is 2.99. The maximum absolute atomic E-state index is 10.6. The van der Waals surface area contributed by atoms with E-state index in [4.69, 9.17) is 0 Å². The van der Waals surface area contributed by atoms with E-state index in [1.807, 2.05) is 60.9 Å². The van der Waals surface area contributed by atoms with Crippen molar-refractivity contribution < 1.29 is 36.6 Å². The predicted octanol–water partition coefficient (Wildman–Crippen LogP) is 5.61. The molecule has 0 unspecified atom stereocenters. The summed E-state index contributed by atoms with van der Waals surface area (Å²) in [4.78, 5) is 28.4. The molecule has 0 N–H and O–H groups in total. The van der Waals surface area contributed by atoms with Crippen molar-refractivity contribution >= 4 is 34.4 Å². The van der Waals surface area contributed by atoms with Crippen LogP contribution in [0.1, 0.15) is 20.7 Å². The molecule has 6 rings (SSSR count). The normalized spacial score (nSPS) is 9.23. The van der Waals surface area contributed by atoms with Crippen molar-refractivity contribution in [3.8, 4) is 11.5 Å². The molecule has 6 aromatic rings. The Hall–Kier alpha value is -4.85. The first kappa shape index (κ1) is 30.4. The summed E-state index contributed by atoms with van der Waals surface area (Å²) in [5.41, 5.74) is 2.56. The van der Waals surface area contributed by atoms with Crippen molar-refractivity contribution in [1.82, 2.24) is 9.97 Å². The van der Waals surface area contributed by atoms with Crippen LogP contribution in [0.5, 0.6) is 11.5 Å². The van der Waals surface area contributed by atoms with Crippen molar-refractivity contribution in [2.45, 2.75) is 0 Å². The minimum absolute atomic E-state index is 0. The van der Waals surface area contributed by atoms with Gasteiger partial charge in [-0.05, 0) is 24.3 Å². The molecule has 7 heteroatoms. The molecule has 0 amide bonds. The second-order valence-corrected chi connectivity index (χ2v) is 7.70. The third kappa shape index (κ3) is 9.85. The smallest absolute Gasteiger partial charge is 0.872 e. The number of benzene rings is 4. The number of hydrogen-bond donors (Lipinski definition) is 0. The molecule has 39 heavy (non-hydrogen) atoms. The number of pyridine rings is 2. The van der Waals surface area contributed by atoms with Gasteiger partial charge in [-0.3, -0.25) is 19.6 Å². The predicted molar refractivity (Wildman–Crippen MR) is 146 cm³/mol. The summed E-state index contributed by atoms with van der Waals surface area (Å²) in [5, 5.41) is 23.6. The third-order valence-electron chi connectivity index (χ3n) is 5.12. The molecule has 0 saturated heterocycles. The fourth-order valence-electron chi connectivity index (χ4n) is 3.19. The van der Waals surface area contributed by atoms with Gasteiger partial charge < -0.3 is 10.2 Å². The van der Waals surface area contributed by atoms with E-state index in [1.165, 1.54) is 35.0 Å². The van der Waals surface area contributed by atoms with Gasteiger partial charge in [0.25, 0.3) is 0 Å². The van der Waals surface area contributed by atoms with Crippen molar-refractivity contribution in [1.29, 1.82) is 0 Å². The quantitative estimate of drug-likeness (QED) is 0.255. The first-order valence-electron chi connectivity index (χ1n) is 11.6. The second kappa shape index (κ2) is 16.8. The zero-order valence-corrected chi connectivity index (χ0v) is 21.8. The largest absolute Gasteiger partial charge is 2.00 e. The number of aldehydes is 2. The van der Waals surface area contributed by atoms with E-state index >= 15 is 0 Å². The molecule has 2 heterocycles. The number of rotatable bonds is 2. The van der Waals surface area contributed by atoms with E-state index in [0.29, 0.717) is 12.6 Å². The molecule has 0 aliphatic rings. The number of carbonyl (C=O) groups excluding carboxylic acids is 2. The Morgan fingerprint density at radius 3 is 1.13 bits per heavy atom. The summed E-state index contributed by atoms with van der Waals surface area (Å²) in [6.45, 7) is 0. The van der Waals surface area contributed by atoms with Gasteiger partial charge in [0.2, 0.25) is 0 Å². The Labute approximate surface area is 236 Å². The molecule has 195 valence electrons. The molecular weight excluding hydrogens is 535 g/mol. The number of para-hydroxylation sites is 4. The van der Waals surface area contributed by atoms with Gasteiger partial charge in [0.15, 0.2) is 0 Å². The van der Waals surface area contributed by atoms with Crippen LogP contribution in [0.15, 0.2) is 134 Å². The molecule has 0 atom stereocenters. The first-order valence-corrected chi connectivity index (χ1v) is 11.6. The minimum atomic E-state index is -0.215. The van der Waals surface area contributed by atoms with E-state index in [9.17, 15) is 19.8 Å². The summed E-state index contributed by atoms with van der Waals surface area (Å²) in [7, 11) is 0. The van der Waals surface area contributed by atoms with Gasteiger partial charge in [-0.2, -0.15) is 0 Å².